The van der Waals surface area contributed by atoms with Crippen molar-refractivity contribution in [3.8, 4) is 66.8 Å². The first-order valence-corrected chi connectivity index (χ1v) is 16.8. The van der Waals surface area contributed by atoms with Crippen molar-refractivity contribution < 1.29 is 0 Å². The minimum atomic E-state index is 1.05. The van der Waals surface area contributed by atoms with Crippen LogP contribution in [0.5, 0.6) is 0 Å². The lowest BCUT2D eigenvalue weighted by atomic mass is 9.85. The van der Waals surface area contributed by atoms with Gasteiger partial charge in [-0.25, -0.2) is 0 Å². The van der Waals surface area contributed by atoms with Crippen LogP contribution in [0, 0.1) is 0 Å². The van der Waals surface area contributed by atoms with Crippen molar-refractivity contribution in [1.29, 1.82) is 0 Å². The lowest BCUT2D eigenvalue weighted by Crippen LogP contribution is -2.01. The SMILES string of the molecule is c1ccc(-c2ccc(Nc3ccc(-c4ccccc4)c(-c4ccccc4)c3-c3ccccc3)c(-c3ccccc3)c2-c2ccccc2)cc1. The summed E-state index contributed by atoms with van der Waals surface area (Å²) in [6, 6.07) is 73.5. The largest absolute Gasteiger partial charge is 0.354 e. The van der Waals surface area contributed by atoms with Gasteiger partial charge in [0.15, 0.2) is 0 Å². The fraction of sp³-hybridized carbons (Fsp3) is 0. The molecule has 8 aromatic rings. The van der Waals surface area contributed by atoms with Gasteiger partial charge in [-0.15, -0.1) is 0 Å². The topological polar surface area (TPSA) is 12.0 Å². The summed E-state index contributed by atoms with van der Waals surface area (Å²) in [5.74, 6) is 0. The number of nitrogens with one attached hydrogen (secondary N) is 1. The second-order valence-corrected chi connectivity index (χ2v) is 12.1. The van der Waals surface area contributed by atoms with Gasteiger partial charge in [0, 0.05) is 22.5 Å². The molecule has 0 radical (unpaired) electrons. The van der Waals surface area contributed by atoms with E-state index in [4.69, 9.17) is 0 Å². The van der Waals surface area contributed by atoms with Gasteiger partial charge in [0.2, 0.25) is 0 Å². The molecule has 0 aromatic heterocycles. The Morgan fingerprint density at radius 3 is 0.735 bits per heavy atom. The molecule has 1 nitrogen and oxygen atoms in total. The average molecular weight is 626 g/mol. The number of hydrogen-bond donors (Lipinski definition) is 1. The predicted molar refractivity (Wildman–Crippen MR) is 209 cm³/mol. The maximum Gasteiger partial charge on any atom is 0.0470 e. The minimum absolute atomic E-state index is 1.05. The van der Waals surface area contributed by atoms with Gasteiger partial charge in [0.1, 0.15) is 0 Å². The van der Waals surface area contributed by atoms with Gasteiger partial charge >= 0.3 is 0 Å². The van der Waals surface area contributed by atoms with Gasteiger partial charge in [-0.2, -0.15) is 0 Å². The first-order valence-electron chi connectivity index (χ1n) is 16.8. The van der Waals surface area contributed by atoms with Gasteiger partial charge in [-0.05, 0) is 67.8 Å². The van der Waals surface area contributed by atoms with Crippen LogP contribution < -0.4 is 5.32 Å². The summed E-state index contributed by atoms with van der Waals surface area (Å²) >= 11 is 0. The van der Waals surface area contributed by atoms with Gasteiger partial charge in [-0.3, -0.25) is 0 Å². The number of hydrogen-bond acceptors (Lipinski definition) is 1. The van der Waals surface area contributed by atoms with Gasteiger partial charge in [-0.1, -0.05) is 194 Å². The van der Waals surface area contributed by atoms with E-state index in [1.807, 2.05) is 0 Å². The molecule has 0 aliphatic carbocycles. The normalized spacial score (nSPS) is 10.9. The van der Waals surface area contributed by atoms with E-state index in [1.165, 1.54) is 55.6 Å². The highest BCUT2D eigenvalue weighted by atomic mass is 14.9. The molecule has 1 heteroatoms. The Balaban J connectivity index is 1.42. The first kappa shape index (κ1) is 29.9. The van der Waals surface area contributed by atoms with E-state index in [2.05, 4.69) is 212 Å². The maximum absolute atomic E-state index is 4.02. The lowest BCUT2D eigenvalue weighted by Gasteiger charge is -2.24. The van der Waals surface area contributed by atoms with Crippen molar-refractivity contribution in [3.63, 3.8) is 0 Å². The third kappa shape index (κ3) is 6.06. The van der Waals surface area contributed by atoms with Crippen LogP contribution in [0.4, 0.5) is 11.4 Å². The molecule has 0 spiro atoms. The first-order chi connectivity index (χ1) is 24.3. The summed E-state index contributed by atoms with van der Waals surface area (Å²) in [5.41, 5.74) is 16.3. The predicted octanol–water partition coefficient (Wildman–Crippen LogP) is 13.4. The highest BCUT2D eigenvalue weighted by Crippen LogP contribution is 2.48. The van der Waals surface area contributed by atoms with E-state index in [0.717, 1.165) is 22.5 Å². The quantitative estimate of drug-likeness (QED) is 0.177. The molecule has 49 heavy (non-hydrogen) atoms. The molecule has 0 bridgehead atoms. The second kappa shape index (κ2) is 13.7. The zero-order valence-electron chi connectivity index (χ0n) is 27.1. The molecule has 8 aromatic carbocycles. The Labute approximate surface area is 288 Å². The summed E-state index contributed by atoms with van der Waals surface area (Å²) in [6.45, 7) is 0. The Hall–Kier alpha value is -6.44. The Kier molecular flexibility index (Phi) is 8.39. The van der Waals surface area contributed by atoms with Crippen LogP contribution in [0.2, 0.25) is 0 Å². The van der Waals surface area contributed by atoms with Crippen molar-refractivity contribution in [1.82, 2.24) is 0 Å². The molecule has 8 rings (SSSR count). The summed E-state index contributed by atoms with van der Waals surface area (Å²) in [4.78, 5) is 0. The molecule has 0 aliphatic heterocycles. The minimum Gasteiger partial charge on any atom is -0.354 e. The van der Waals surface area contributed by atoms with E-state index >= 15 is 0 Å². The van der Waals surface area contributed by atoms with E-state index in [9.17, 15) is 0 Å². The van der Waals surface area contributed by atoms with Crippen LogP contribution >= 0.6 is 0 Å². The second-order valence-electron chi connectivity index (χ2n) is 12.1. The Morgan fingerprint density at radius 1 is 0.204 bits per heavy atom. The van der Waals surface area contributed by atoms with E-state index in [1.54, 1.807) is 0 Å². The smallest absolute Gasteiger partial charge is 0.0470 e. The van der Waals surface area contributed by atoms with Gasteiger partial charge in [0.05, 0.1) is 0 Å². The molecule has 0 aliphatic rings. The summed E-state index contributed by atoms with van der Waals surface area (Å²) in [5, 5.41) is 4.02. The molecule has 0 saturated heterocycles. The van der Waals surface area contributed by atoms with Gasteiger partial charge < -0.3 is 5.32 Å². The van der Waals surface area contributed by atoms with Gasteiger partial charge in [0.25, 0.3) is 0 Å². The molecule has 0 heterocycles. The monoisotopic (exact) mass is 625 g/mol. The van der Waals surface area contributed by atoms with Crippen molar-refractivity contribution in [2.24, 2.45) is 0 Å². The summed E-state index contributed by atoms with van der Waals surface area (Å²) in [7, 11) is 0. The van der Waals surface area contributed by atoms with E-state index in [-0.39, 0.29) is 0 Å². The highest BCUT2D eigenvalue weighted by Gasteiger charge is 2.22. The molecule has 0 amide bonds. The third-order valence-corrected chi connectivity index (χ3v) is 9.10. The average Bonchev–Trinajstić information content (AvgIpc) is 3.19. The molecule has 0 unspecified atom stereocenters. The zero-order chi connectivity index (χ0) is 32.8. The van der Waals surface area contributed by atoms with E-state index < -0.39 is 0 Å². The Bertz CT molecular complexity index is 2130. The fourth-order valence-corrected chi connectivity index (χ4v) is 6.89. The van der Waals surface area contributed by atoms with Crippen molar-refractivity contribution in [2.45, 2.75) is 0 Å². The molecule has 0 fully saturated rings. The number of anilines is 2. The van der Waals surface area contributed by atoms with Crippen LogP contribution in [0.25, 0.3) is 66.8 Å². The van der Waals surface area contributed by atoms with Crippen molar-refractivity contribution in [3.05, 3.63) is 206 Å². The third-order valence-electron chi connectivity index (χ3n) is 9.10. The van der Waals surface area contributed by atoms with Crippen molar-refractivity contribution >= 4 is 11.4 Å². The summed E-state index contributed by atoms with van der Waals surface area (Å²) in [6.07, 6.45) is 0. The van der Waals surface area contributed by atoms with Crippen LogP contribution in [-0.2, 0) is 0 Å². The van der Waals surface area contributed by atoms with Crippen LogP contribution in [-0.4, -0.2) is 0 Å². The van der Waals surface area contributed by atoms with Crippen LogP contribution in [0.1, 0.15) is 0 Å². The molecule has 232 valence electrons. The molecule has 0 atom stereocenters. The molecule has 0 saturated carbocycles. The molecular weight excluding hydrogens is 591 g/mol. The highest BCUT2D eigenvalue weighted by molar-refractivity contribution is 6.04. The number of benzene rings is 8. The van der Waals surface area contributed by atoms with Crippen molar-refractivity contribution in [2.75, 3.05) is 5.32 Å². The van der Waals surface area contributed by atoms with Crippen LogP contribution in [0.15, 0.2) is 206 Å². The standard InChI is InChI=1S/C48H35N/c1-7-19-35(20-8-1)41-31-33-43(47(39-27-15-5-16-28-39)45(41)37-23-11-3-12-24-37)49-44-34-32-42(36-21-9-2-10-22-36)46(38-25-13-4-14-26-38)48(44)40-29-17-6-18-30-40/h1-34,49H. The molecule has 1 N–H and O–H groups in total. The summed E-state index contributed by atoms with van der Waals surface area (Å²) < 4.78 is 0. The maximum atomic E-state index is 4.02. The number of rotatable bonds is 8. The Morgan fingerprint density at radius 2 is 0.449 bits per heavy atom. The van der Waals surface area contributed by atoms with Crippen LogP contribution in [0.3, 0.4) is 0 Å². The zero-order valence-corrected chi connectivity index (χ0v) is 27.1. The van der Waals surface area contributed by atoms with E-state index in [0.29, 0.717) is 0 Å². The molecular formula is C48H35N. The fourth-order valence-electron chi connectivity index (χ4n) is 6.89. The lowest BCUT2D eigenvalue weighted by molar-refractivity contribution is 1.49.